The van der Waals surface area contributed by atoms with Gasteiger partial charge in [0, 0.05) is 6.42 Å². The van der Waals surface area contributed by atoms with Crippen LogP contribution in [0.2, 0.25) is 0 Å². The van der Waals surface area contributed by atoms with Crippen LogP contribution in [0, 0.1) is 5.92 Å². The minimum Gasteiger partial charge on any atom is -0.320 e. The first-order valence-corrected chi connectivity index (χ1v) is 4.81. The molecule has 1 heterocycles. The molecule has 1 unspecified atom stereocenters. The van der Waals surface area contributed by atoms with Crippen molar-refractivity contribution in [3.63, 3.8) is 0 Å². The average Bonchev–Trinajstić information content (AvgIpc) is 2.53. The van der Waals surface area contributed by atoms with E-state index in [0.29, 0.717) is 0 Å². The molecule has 4 heteroatoms. The molecule has 2 nitrogen and oxygen atoms in total. The van der Waals surface area contributed by atoms with Crippen LogP contribution in [0.15, 0.2) is 0 Å². The number of halogens is 2. The van der Waals surface area contributed by atoms with Gasteiger partial charge in [-0.15, -0.1) is 0 Å². The molecule has 2 N–H and O–H groups in total. The topological polar surface area (TPSA) is 29.3 Å². The largest absolute Gasteiger partial charge is 0.320 e. The predicted molar refractivity (Wildman–Crippen MR) is 46.7 cm³/mol. The van der Waals surface area contributed by atoms with Crippen molar-refractivity contribution in [2.24, 2.45) is 11.7 Å². The molecule has 1 saturated heterocycles. The summed E-state index contributed by atoms with van der Waals surface area (Å²) in [7, 11) is 2.02. The maximum absolute atomic E-state index is 12.9. The Bertz CT molecular complexity index is 212. The van der Waals surface area contributed by atoms with E-state index >= 15 is 0 Å². The molecule has 0 radical (unpaired) electrons. The molecule has 13 heavy (non-hydrogen) atoms. The van der Waals surface area contributed by atoms with Gasteiger partial charge in [0.25, 0.3) is 5.92 Å². The molecule has 0 aromatic rings. The van der Waals surface area contributed by atoms with Gasteiger partial charge in [0.15, 0.2) is 0 Å². The minimum atomic E-state index is -2.59. The third kappa shape index (κ3) is 1.36. The fourth-order valence-corrected chi connectivity index (χ4v) is 2.29. The van der Waals surface area contributed by atoms with Crippen molar-refractivity contribution >= 4 is 0 Å². The number of nitrogens with two attached hydrogens (primary N) is 1. The highest BCUT2D eigenvalue weighted by atomic mass is 19.3. The Balaban J connectivity index is 1.96. The molecule has 1 saturated carbocycles. The highest BCUT2D eigenvalue weighted by molar-refractivity contribution is 5.19. The first kappa shape index (κ1) is 9.34. The molecule has 2 rings (SSSR count). The molecule has 0 aromatic heterocycles. The maximum Gasteiger partial charge on any atom is 0.268 e. The standard InChI is InChI=1S/C9H16F2N2/c1-13-4-2-7(3-5-13)8(12)6-9(8,10)11/h7H,2-6,12H2,1H3. The number of hydrogen-bond donors (Lipinski definition) is 1. The van der Waals surface area contributed by atoms with E-state index in [1.54, 1.807) is 0 Å². The Morgan fingerprint density at radius 1 is 1.31 bits per heavy atom. The van der Waals surface area contributed by atoms with E-state index in [-0.39, 0.29) is 12.3 Å². The van der Waals surface area contributed by atoms with Crippen LogP contribution in [-0.4, -0.2) is 36.5 Å². The third-order valence-corrected chi connectivity index (χ3v) is 3.52. The van der Waals surface area contributed by atoms with Crippen LogP contribution in [-0.2, 0) is 0 Å². The fraction of sp³-hybridized carbons (Fsp3) is 1.00. The molecule has 1 aliphatic carbocycles. The lowest BCUT2D eigenvalue weighted by molar-refractivity contribution is 0.0578. The molecule has 1 aliphatic heterocycles. The van der Waals surface area contributed by atoms with Crippen LogP contribution in [0.4, 0.5) is 8.78 Å². The average molecular weight is 190 g/mol. The highest BCUT2D eigenvalue weighted by Crippen LogP contribution is 2.57. The Morgan fingerprint density at radius 3 is 2.15 bits per heavy atom. The number of nitrogens with zero attached hydrogens (tertiary/aromatic N) is 1. The van der Waals surface area contributed by atoms with E-state index in [4.69, 9.17) is 5.73 Å². The molecular formula is C9H16F2N2. The van der Waals surface area contributed by atoms with Crippen LogP contribution < -0.4 is 5.73 Å². The van der Waals surface area contributed by atoms with Crippen molar-refractivity contribution in [1.29, 1.82) is 0 Å². The summed E-state index contributed by atoms with van der Waals surface area (Å²) in [5, 5.41) is 0. The fourth-order valence-electron chi connectivity index (χ4n) is 2.29. The van der Waals surface area contributed by atoms with Gasteiger partial charge < -0.3 is 10.6 Å². The molecule has 76 valence electrons. The van der Waals surface area contributed by atoms with E-state index in [0.717, 1.165) is 25.9 Å². The lowest BCUT2D eigenvalue weighted by Gasteiger charge is -2.32. The van der Waals surface area contributed by atoms with E-state index < -0.39 is 11.5 Å². The lowest BCUT2D eigenvalue weighted by atomic mass is 9.88. The van der Waals surface area contributed by atoms with Gasteiger partial charge in [-0.3, -0.25) is 0 Å². The Kier molecular flexibility index (Phi) is 1.90. The second-order valence-electron chi connectivity index (χ2n) is 4.50. The summed E-state index contributed by atoms with van der Waals surface area (Å²) in [4.78, 5) is 2.17. The predicted octanol–water partition coefficient (Wildman–Crippen LogP) is 1.06. The normalized spacial score (nSPS) is 40.6. The summed E-state index contributed by atoms with van der Waals surface area (Å²) in [6.45, 7) is 1.80. The molecule has 0 amide bonds. The Labute approximate surface area is 77.1 Å². The van der Waals surface area contributed by atoms with Crippen LogP contribution in [0.1, 0.15) is 19.3 Å². The second kappa shape index (κ2) is 2.64. The van der Waals surface area contributed by atoms with Crippen molar-refractivity contribution in [3.05, 3.63) is 0 Å². The number of hydrogen-bond acceptors (Lipinski definition) is 2. The summed E-state index contributed by atoms with van der Waals surface area (Å²) in [5.41, 5.74) is 4.52. The quantitative estimate of drug-likeness (QED) is 0.670. The van der Waals surface area contributed by atoms with E-state index in [1.165, 1.54) is 0 Å². The number of piperidine rings is 1. The van der Waals surface area contributed by atoms with Gasteiger partial charge in [-0.05, 0) is 38.9 Å². The lowest BCUT2D eigenvalue weighted by Crippen LogP contribution is -2.44. The molecule has 2 aliphatic rings. The van der Waals surface area contributed by atoms with Crippen molar-refractivity contribution in [3.8, 4) is 0 Å². The van der Waals surface area contributed by atoms with Crippen molar-refractivity contribution in [2.75, 3.05) is 20.1 Å². The van der Waals surface area contributed by atoms with Gasteiger partial charge in [-0.2, -0.15) is 0 Å². The summed E-state index contributed by atoms with van der Waals surface area (Å²) in [5.74, 6) is -2.56. The van der Waals surface area contributed by atoms with E-state index in [9.17, 15) is 8.78 Å². The van der Waals surface area contributed by atoms with Gasteiger partial charge in [-0.25, -0.2) is 8.78 Å². The molecule has 0 spiro atoms. The number of rotatable bonds is 1. The molecule has 0 bridgehead atoms. The van der Waals surface area contributed by atoms with Crippen molar-refractivity contribution < 1.29 is 8.78 Å². The zero-order valence-corrected chi connectivity index (χ0v) is 7.89. The van der Waals surface area contributed by atoms with E-state index in [2.05, 4.69) is 4.90 Å². The number of alkyl halides is 2. The molecule has 2 fully saturated rings. The molecule has 1 atom stereocenters. The van der Waals surface area contributed by atoms with Gasteiger partial charge >= 0.3 is 0 Å². The molecule has 0 aromatic carbocycles. The monoisotopic (exact) mass is 190 g/mol. The van der Waals surface area contributed by atoms with Crippen molar-refractivity contribution in [2.45, 2.75) is 30.7 Å². The van der Waals surface area contributed by atoms with E-state index in [1.807, 2.05) is 7.05 Å². The van der Waals surface area contributed by atoms with Gasteiger partial charge in [0.2, 0.25) is 0 Å². The van der Waals surface area contributed by atoms with Crippen LogP contribution in [0.3, 0.4) is 0 Å². The first-order valence-electron chi connectivity index (χ1n) is 4.81. The highest BCUT2D eigenvalue weighted by Gasteiger charge is 2.71. The smallest absolute Gasteiger partial charge is 0.268 e. The van der Waals surface area contributed by atoms with Crippen molar-refractivity contribution in [1.82, 2.24) is 4.90 Å². The summed E-state index contributed by atoms with van der Waals surface area (Å²) < 4.78 is 25.8. The Morgan fingerprint density at radius 2 is 1.77 bits per heavy atom. The third-order valence-electron chi connectivity index (χ3n) is 3.52. The zero-order chi connectivity index (χ0) is 9.69. The maximum atomic E-state index is 12.9. The van der Waals surface area contributed by atoms with Gasteiger partial charge in [0.05, 0.1) is 5.54 Å². The first-order chi connectivity index (χ1) is 5.96. The summed E-state index contributed by atoms with van der Waals surface area (Å²) in [6.07, 6.45) is 1.54. The van der Waals surface area contributed by atoms with Gasteiger partial charge in [-0.1, -0.05) is 0 Å². The second-order valence-corrected chi connectivity index (χ2v) is 4.50. The zero-order valence-electron chi connectivity index (χ0n) is 7.89. The van der Waals surface area contributed by atoms with Crippen LogP contribution in [0.5, 0.6) is 0 Å². The summed E-state index contributed by atoms with van der Waals surface area (Å²) >= 11 is 0. The van der Waals surface area contributed by atoms with Gasteiger partial charge in [0.1, 0.15) is 0 Å². The number of likely N-dealkylation sites (tertiary alicyclic amines) is 1. The Hall–Kier alpha value is -0.220. The summed E-state index contributed by atoms with van der Waals surface area (Å²) in [6, 6.07) is 0. The van der Waals surface area contributed by atoms with Crippen LogP contribution >= 0.6 is 0 Å². The molecular weight excluding hydrogens is 174 g/mol. The van der Waals surface area contributed by atoms with Crippen LogP contribution in [0.25, 0.3) is 0 Å². The minimum absolute atomic E-state index is 0.0266. The SMILES string of the molecule is CN1CCC(C2(N)CC2(F)F)CC1.